The first-order chi connectivity index (χ1) is 12.1. The van der Waals surface area contributed by atoms with Crippen molar-refractivity contribution in [1.29, 1.82) is 0 Å². The van der Waals surface area contributed by atoms with E-state index in [1.807, 2.05) is 36.4 Å². The van der Waals surface area contributed by atoms with E-state index in [2.05, 4.69) is 10.3 Å². The van der Waals surface area contributed by atoms with Crippen LogP contribution in [0, 0.1) is 10.1 Å². The topological polar surface area (TPSA) is 94.4 Å². The lowest BCUT2D eigenvalue weighted by Gasteiger charge is -2.30. The molecule has 0 aliphatic carbocycles. The summed E-state index contributed by atoms with van der Waals surface area (Å²) in [6.45, 7) is 0. The van der Waals surface area contributed by atoms with Crippen LogP contribution in [0.3, 0.4) is 0 Å². The molecule has 0 saturated carbocycles. The number of thiazole rings is 1. The monoisotopic (exact) mass is 353 g/mol. The molecule has 0 bridgehead atoms. The lowest BCUT2D eigenvalue weighted by atomic mass is 9.93. The van der Waals surface area contributed by atoms with Crippen LogP contribution in [-0.4, -0.2) is 15.9 Å². The van der Waals surface area contributed by atoms with E-state index in [1.165, 1.54) is 6.20 Å². The van der Waals surface area contributed by atoms with Gasteiger partial charge >= 0.3 is 11.0 Å². The van der Waals surface area contributed by atoms with Crippen molar-refractivity contribution >= 4 is 27.4 Å². The smallest absolute Gasteiger partial charge is 0.345 e. The summed E-state index contributed by atoms with van der Waals surface area (Å²) in [5, 5.41) is 14.2. The molecule has 4 rings (SSSR count). The van der Waals surface area contributed by atoms with Crippen LogP contribution in [0.1, 0.15) is 21.5 Å². The van der Waals surface area contributed by atoms with Crippen LogP contribution in [-0.2, 0) is 10.5 Å². The molecule has 0 unspecified atom stereocenters. The second kappa shape index (κ2) is 5.67. The van der Waals surface area contributed by atoms with Gasteiger partial charge in [0.15, 0.2) is 5.13 Å². The average Bonchev–Trinajstić information content (AvgIpc) is 3.21. The van der Waals surface area contributed by atoms with Gasteiger partial charge in [-0.1, -0.05) is 48.5 Å². The Hall–Kier alpha value is -3.26. The second-order valence-electron chi connectivity index (χ2n) is 5.37. The van der Waals surface area contributed by atoms with E-state index in [1.54, 1.807) is 18.2 Å². The quantitative estimate of drug-likeness (QED) is 0.438. The second-order valence-corrected chi connectivity index (χ2v) is 6.38. The number of cyclic esters (lactones) is 1. The molecule has 0 radical (unpaired) electrons. The summed E-state index contributed by atoms with van der Waals surface area (Å²) in [7, 11) is 0. The largest absolute Gasteiger partial charge is 0.427 e. The number of carbonyl (C=O) groups is 1. The molecule has 0 fully saturated rings. The van der Waals surface area contributed by atoms with Crippen LogP contribution in [0.4, 0.5) is 10.1 Å². The first-order valence-electron chi connectivity index (χ1n) is 7.37. The number of fused-ring (bicyclic) bond motifs is 1. The summed E-state index contributed by atoms with van der Waals surface area (Å²) in [6.07, 6.45) is 1.17. The molecule has 2 aromatic carbocycles. The predicted molar refractivity (Wildman–Crippen MR) is 91.5 cm³/mol. The van der Waals surface area contributed by atoms with Crippen LogP contribution in [0.2, 0.25) is 0 Å². The number of ether oxygens (including phenoxy) is 1. The Balaban J connectivity index is 1.86. The third-order valence-electron chi connectivity index (χ3n) is 3.91. The van der Waals surface area contributed by atoms with Crippen molar-refractivity contribution in [3.05, 3.63) is 87.6 Å². The van der Waals surface area contributed by atoms with Gasteiger partial charge in [-0.3, -0.25) is 10.1 Å². The Kier molecular flexibility index (Phi) is 3.47. The van der Waals surface area contributed by atoms with Gasteiger partial charge in [-0.05, 0) is 17.4 Å². The van der Waals surface area contributed by atoms with E-state index in [9.17, 15) is 14.9 Å². The van der Waals surface area contributed by atoms with Crippen molar-refractivity contribution in [1.82, 2.24) is 4.98 Å². The number of nitrogens with one attached hydrogen (secondary N) is 1. The number of esters is 1. The summed E-state index contributed by atoms with van der Waals surface area (Å²) in [5.41, 5.74) is 0.515. The minimum absolute atomic E-state index is 0.0941. The van der Waals surface area contributed by atoms with Gasteiger partial charge in [-0.15, -0.1) is 0 Å². The number of hydrogen-bond donors (Lipinski definition) is 1. The number of anilines is 1. The number of nitro groups is 1. The highest BCUT2D eigenvalue weighted by atomic mass is 32.1. The number of carbonyl (C=O) groups excluding carboxylic acids is 1. The highest BCUT2D eigenvalue weighted by molar-refractivity contribution is 7.18. The van der Waals surface area contributed by atoms with Gasteiger partial charge in [0.1, 0.15) is 6.20 Å². The Labute approximate surface area is 146 Å². The van der Waals surface area contributed by atoms with Gasteiger partial charge in [0, 0.05) is 11.1 Å². The fraction of sp³-hybridized carbons (Fsp3) is 0.0588. The molecule has 1 N–H and O–H groups in total. The van der Waals surface area contributed by atoms with Crippen LogP contribution >= 0.6 is 11.3 Å². The fourth-order valence-electron chi connectivity index (χ4n) is 2.83. The lowest BCUT2D eigenvalue weighted by Crippen LogP contribution is -2.36. The number of aromatic nitrogens is 1. The van der Waals surface area contributed by atoms with Gasteiger partial charge < -0.3 is 10.1 Å². The zero-order valence-electron chi connectivity index (χ0n) is 12.7. The van der Waals surface area contributed by atoms with Crippen LogP contribution in [0.15, 0.2) is 60.8 Å². The third-order valence-corrected chi connectivity index (χ3v) is 4.77. The van der Waals surface area contributed by atoms with Crippen molar-refractivity contribution in [2.24, 2.45) is 0 Å². The summed E-state index contributed by atoms with van der Waals surface area (Å²) in [4.78, 5) is 26.8. The maximum absolute atomic E-state index is 12.4. The predicted octanol–water partition coefficient (Wildman–Crippen LogP) is 3.53. The Morgan fingerprint density at radius 3 is 2.56 bits per heavy atom. The van der Waals surface area contributed by atoms with Crippen LogP contribution in [0.25, 0.3) is 0 Å². The highest BCUT2D eigenvalue weighted by Gasteiger charge is 2.47. The first-order valence-corrected chi connectivity index (χ1v) is 8.18. The molecule has 0 saturated heterocycles. The van der Waals surface area contributed by atoms with Gasteiger partial charge in [0.05, 0.1) is 10.5 Å². The lowest BCUT2D eigenvalue weighted by molar-refractivity contribution is -0.380. The Morgan fingerprint density at radius 2 is 1.84 bits per heavy atom. The molecule has 2 heterocycles. The average molecular weight is 353 g/mol. The van der Waals surface area contributed by atoms with E-state index in [-0.39, 0.29) is 5.00 Å². The summed E-state index contributed by atoms with van der Waals surface area (Å²) in [6, 6.07) is 16.2. The zero-order valence-corrected chi connectivity index (χ0v) is 13.5. The zero-order chi connectivity index (χ0) is 17.4. The molecule has 0 amide bonds. The normalized spacial score (nSPS) is 18.5. The molecule has 1 aromatic heterocycles. The molecule has 0 spiro atoms. The first kappa shape index (κ1) is 15.3. The molecule has 1 aliphatic rings. The molecule has 3 aromatic rings. The van der Waals surface area contributed by atoms with Crippen molar-refractivity contribution in [3.63, 3.8) is 0 Å². The van der Waals surface area contributed by atoms with Gasteiger partial charge in [0.2, 0.25) is 5.72 Å². The van der Waals surface area contributed by atoms with Crippen LogP contribution in [0.5, 0.6) is 0 Å². The Bertz CT molecular complexity index is 973. The maximum atomic E-state index is 12.4. The SMILES string of the molecule is O=C1O[C@@](Nc2ncc([N+](=O)[O-])s2)(c2ccccc2)c2ccccc21. The molecule has 7 nitrogen and oxygen atoms in total. The molecular formula is C17H11N3O4S. The number of hydrogen-bond acceptors (Lipinski definition) is 7. The van der Waals surface area contributed by atoms with Gasteiger partial charge in [0.25, 0.3) is 0 Å². The maximum Gasteiger partial charge on any atom is 0.345 e. The van der Waals surface area contributed by atoms with Crippen molar-refractivity contribution < 1.29 is 14.5 Å². The van der Waals surface area contributed by atoms with E-state index >= 15 is 0 Å². The van der Waals surface area contributed by atoms with Crippen molar-refractivity contribution in [3.8, 4) is 0 Å². The molecular weight excluding hydrogens is 342 g/mol. The molecule has 25 heavy (non-hydrogen) atoms. The van der Waals surface area contributed by atoms with Crippen molar-refractivity contribution in [2.45, 2.75) is 5.72 Å². The van der Waals surface area contributed by atoms with E-state index < -0.39 is 16.6 Å². The molecule has 1 atom stereocenters. The van der Waals surface area contributed by atoms with Crippen molar-refractivity contribution in [2.75, 3.05) is 5.32 Å². The standard InChI is InChI=1S/C17H11N3O4S/c21-15-12-8-4-5-9-13(12)17(24-15,11-6-2-1-3-7-11)19-16-18-10-14(25-16)20(22)23/h1-10H,(H,18,19)/t17-/m0/s1. The van der Waals surface area contributed by atoms with Crippen LogP contribution < -0.4 is 5.32 Å². The third kappa shape index (κ3) is 2.43. The van der Waals surface area contributed by atoms with E-state index in [4.69, 9.17) is 4.74 Å². The molecule has 8 heteroatoms. The Morgan fingerprint density at radius 1 is 1.12 bits per heavy atom. The molecule has 124 valence electrons. The van der Waals surface area contributed by atoms with E-state index in [0.29, 0.717) is 21.8 Å². The summed E-state index contributed by atoms with van der Waals surface area (Å²) in [5.74, 6) is -0.460. The number of nitrogens with zero attached hydrogens (tertiary/aromatic N) is 2. The fourth-order valence-corrected chi connectivity index (χ4v) is 3.51. The number of benzene rings is 2. The number of rotatable bonds is 4. The minimum atomic E-state index is -1.28. The summed E-state index contributed by atoms with van der Waals surface area (Å²) >= 11 is 0.884. The van der Waals surface area contributed by atoms with Gasteiger partial charge in [-0.25, -0.2) is 9.78 Å². The summed E-state index contributed by atoms with van der Waals surface area (Å²) < 4.78 is 5.73. The minimum Gasteiger partial charge on any atom is -0.427 e. The molecule has 1 aliphatic heterocycles. The highest BCUT2D eigenvalue weighted by Crippen LogP contribution is 2.43. The van der Waals surface area contributed by atoms with Gasteiger partial charge in [-0.2, -0.15) is 0 Å². The van der Waals surface area contributed by atoms with E-state index in [0.717, 1.165) is 11.3 Å².